The van der Waals surface area contributed by atoms with Gasteiger partial charge in [0.1, 0.15) is 6.04 Å². The predicted molar refractivity (Wildman–Crippen MR) is 98.8 cm³/mol. The minimum Gasteiger partial charge on any atom is -0.480 e. The molecule has 0 aliphatic heterocycles. The van der Waals surface area contributed by atoms with Gasteiger partial charge in [-0.1, -0.05) is 30.5 Å². The van der Waals surface area contributed by atoms with Gasteiger partial charge in [-0.15, -0.1) is 6.58 Å². The van der Waals surface area contributed by atoms with Crippen molar-refractivity contribution in [1.82, 2.24) is 5.32 Å². The lowest BCUT2D eigenvalue weighted by Gasteiger charge is -2.29. The summed E-state index contributed by atoms with van der Waals surface area (Å²) >= 11 is 5.82. The number of carbonyl (C=O) groups excluding carboxylic acids is 1. The van der Waals surface area contributed by atoms with Crippen molar-refractivity contribution in [3.8, 4) is 0 Å². The van der Waals surface area contributed by atoms with E-state index in [1.165, 1.54) is 24.3 Å². The number of carboxylic acids is 1. The summed E-state index contributed by atoms with van der Waals surface area (Å²) in [7, 11) is -3.99. The van der Waals surface area contributed by atoms with Gasteiger partial charge >= 0.3 is 5.97 Å². The fourth-order valence-electron chi connectivity index (χ4n) is 3.23. The van der Waals surface area contributed by atoms with Crippen LogP contribution in [0.1, 0.15) is 38.5 Å². The van der Waals surface area contributed by atoms with Gasteiger partial charge in [-0.3, -0.25) is 4.79 Å². The van der Waals surface area contributed by atoms with E-state index in [4.69, 9.17) is 11.6 Å². The lowest BCUT2D eigenvalue weighted by molar-refractivity contribution is -0.142. The second-order valence-electron chi connectivity index (χ2n) is 6.39. The van der Waals surface area contributed by atoms with Gasteiger partial charge in [0.15, 0.2) is 14.6 Å². The average Bonchev–Trinajstić information content (AvgIpc) is 3.10. The molecule has 1 aromatic rings. The first-order chi connectivity index (χ1) is 12.2. The molecule has 0 radical (unpaired) electrons. The normalized spacial score (nSPS) is 17.4. The maximum atomic E-state index is 13.2. The van der Waals surface area contributed by atoms with Crippen molar-refractivity contribution in [3.63, 3.8) is 0 Å². The van der Waals surface area contributed by atoms with Crippen molar-refractivity contribution in [2.45, 2.75) is 54.2 Å². The largest absolute Gasteiger partial charge is 0.480 e. The van der Waals surface area contributed by atoms with E-state index >= 15 is 0 Å². The number of sulfone groups is 1. The smallest absolute Gasteiger partial charge is 0.326 e. The van der Waals surface area contributed by atoms with E-state index in [9.17, 15) is 23.1 Å². The first-order valence-electron chi connectivity index (χ1n) is 8.39. The second-order valence-corrected chi connectivity index (χ2v) is 9.09. The maximum Gasteiger partial charge on any atom is 0.326 e. The highest BCUT2D eigenvalue weighted by Crippen LogP contribution is 2.41. The molecule has 0 heterocycles. The van der Waals surface area contributed by atoms with E-state index in [0.29, 0.717) is 24.3 Å². The number of allylic oxidation sites excluding steroid dienone is 1. The van der Waals surface area contributed by atoms with Gasteiger partial charge in [0.05, 0.1) is 4.90 Å². The third kappa shape index (κ3) is 3.94. The summed E-state index contributed by atoms with van der Waals surface area (Å²) in [5, 5.41) is 12.1. The van der Waals surface area contributed by atoms with Gasteiger partial charge in [-0.2, -0.15) is 0 Å². The Labute approximate surface area is 158 Å². The topological polar surface area (TPSA) is 101 Å². The third-order valence-electron chi connectivity index (χ3n) is 4.73. The molecule has 6 nitrogen and oxygen atoms in total. The molecule has 1 aromatic carbocycles. The summed E-state index contributed by atoms with van der Waals surface area (Å²) in [6.45, 7) is 3.54. The van der Waals surface area contributed by atoms with Crippen molar-refractivity contribution in [2.24, 2.45) is 0 Å². The summed E-state index contributed by atoms with van der Waals surface area (Å²) in [4.78, 5) is 24.3. The van der Waals surface area contributed by atoms with Crippen LogP contribution >= 0.6 is 11.6 Å². The molecular weight excluding hydrogens is 378 g/mol. The molecule has 1 amide bonds. The van der Waals surface area contributed by atoms with Crippen LogP contribution < -0.4 is 5.32 Å². The summed E-state index contributed by atoms with van der Waals surface area (Å²) in [5.41, 5.74) is 0. The number of aliphatic carboxylic acids is 1. The highest BCUT2D eigenvalue weighted by molar-refractivity contribution is 7.93. The van der Waals surface area contributed by atoms with Crippen molar-refractivity contribution in [3.05, 3.63) is 41.9 Å². The average molecular weight is 400 g/mol. The number of carboxylic acid groups (broad SMARTS) is 1. The van der Waals surface area contributed by atoms with Crippen LogP contribution in [0.4, 0.5) is 0 Å². The molecule has 1 aliphatic rings. The van der Waals surface area contributed by atoms with E-state index < -0.39 is 32.5 Å². The Morgan fingerprint density at radius 3 is 2.35 bits per heavy atom. The van der Waals surface area contributed by atoms with Crippen LogP contribution in [0.3, 0.4) is 0 Å². The zero-order chi connectivity index (χ0) is 19.4. The Balaban J connectivity index is 2.36. The molecule has 1 saturated carbocycles. The zero-order valence-corrected chi connectivity index (χ0v) is 15.9. The zero-order valence-electron chi connectivity index (χ0n) is 14.3. The number of rotatable bonds is 8. The maximum absolute atomic E-state index is 13.2. The minimum absolute atomic E-state index is 0.0110. The molecule has 0 bridgehead atoms. The number of amides is 1. The number of benzene rings is 1. The van der Waals surface area contributed by atoms with Gasteiger partial charge in [0.2, 0.25) is 5.91 Å². The quantitative estimate of drug-likeness (QED) is 0.654. The highest BCUT2D eigenvalue weighted by atomic mass is 35.5. The Kier molecular flexibility index (Phi) is 6.47. The summed E-state index contributed by atoms with van der Waals surface area (Å²) in [5.74, 6) is -1.95. The van der Waals surface area contributed by atoms with E-state index in [0.717, 1.165) is 0 Å². The molecule has 2 rings (SSSR count). The molecule has 1 unspecified atom stereocenters. The molecule has 2 N–H and O–H groups in total. The fraction of sp³-hybridized carbons (Fsp3) is 0.444. The SMILES string of the molecule is C=CCCC(NC(=O)C1(S(=O)(=O)c2ccc(Cl)cc2)CCCC1)C(=O)O. The summed E-state index contributed by atoms with van der Waals surface area (Å²) in [6.07, 6.45) is 3.61. The van der Waals surface area contributed by atoms with Crippen LogP contribution in [-0.4, -0.2) is 36.2 Å². The Morgan fingerprint density at radius 1 is 1.27 bits per heavy atom. The van der Waals surface area contributed by atoms with Crippen molar-refractivity contribution in [1.29, 1.82) is 0 Å². The standard InChI is InChI=1S/C18H22ClNO5S/c1-2-3-6-15(16(21)22)20-17(23)18(11-4-5-12-18)26(24,25)14-9-7-13(19)8-10-14/h2,7-10,15H,1,3-6,11-12H2,(H,20,23)(H,21,22). The van der Waals surface area contributed by atoms with Gasteiger partial charge < -0.3 is 10.4 Å². The first-order valence-corrected chi connectivity index (χ1v) is 10.3. The number of halogens is 1. The van der Waals surface area contributed by atoms with Crippen LogP contribution in [0, 0.1) is 0 Å². The molecule has 1 fully saturated rings. The monoisotopic (exact) mass is 399 g/mol. The van der Waals surface area contributed by atoms with Crippen LogP contribution in [-0.2, 0) is 19.4 Å². The first kappa shape index (κ1) is 20.5. The predicted octanol–water partition coefficient (Wildman–Crippen LogP) is 2.96. The Hall–Kier alpha value is -1.86. The highest BCUT2D eigenvalue weighted by Gasteiger charge is 2.53. The van der Waals surface area contributed by atoms with Gasteiger partial charge in [0.25, 0.3) is 0 Å². The lowest BCUT2D eigenvalue weighted by Crippen LogP contribution is -2.54. The lowest BCUT2D eigenvalue weighted by atomic mass is 10.0. The van der Waals surface area contributed by atoms with Crippen LogP contribution in [0.5, 0.6) is 0 Å². The fourth-order valence-corrected chi connectivity index (χ4v) is 5.44. The van der Waals surface area contributed by atoms with E-state index in [1.807, 2.05) is 0 Å². The van der Waals surface area contributed by atoms with E-state index in [2.05, 4.69) is 11.9 Å². The van der Waals surface area contributed by atoms with Gasteiger partial charge in [-0.05, 0) is 49.9 Å². The second kappa shape index (κ2) is 8.22. The minimum atomic E-state index is -3.99. The molecule has 0 saturated heterocycles. The van der Waals surface area contributed by atoms with Crippen LogP contribution in [0.25, 0.3) is 0 Å². The van der Waals surface area contributed by atoms with Gasteiger partial charge in [0, 0.05) is 5.02 Å². The molecule has 1 atom stereocenters. The number of hydrogen-bond donors (Lipinski definition) is 2. The third-order valence-corrected chi connectivity index (χ3v) is 7.49. The van der Waals surface area contributed by atoms with Crippen molar-refractivity contribution >= 4 is 33.3 Å². The molecule has 1 aliphatic carbocycles. The Morgan fingerprint density at radius 2 is 1.85 bits per heavy atom. The van der Waals surface area contributed by atoms with E-state index in [1.54, 1.807) is 6.08 Å². The van der Waals surface area contributed by atoms with E-state index in [-0.39, 0.29) is 24.2 Å². The van der Waals surface area contributed by atoms with Gasteiger partial charge in [-0.25, -0.2) is 13.2 Å². The number of hydrogen-bond acceptors (Lipinski definition) is 4. The molecule has 8 heteroatoms. The summed E-state index contributed by atoms with van der Waals surface area (Å²) in [6, 6.07) is 4.51. The van der Waals surface area contributed by atoms with Crippen molar-refractivity contribution < 1.29 is 23.1 Å². The van der Waals surface area contributed by atoms with Crippen LogP contribution in [0.15, 0.2) is 41.8 Å². The molecule has 0 spiro atoms. The summed E-state index contributed by atoms with van der Waals surface area (Å²) < 4.78 is 24.8. The van der Waals surface area contributed by atoms with Crippen molar-refractivity contribution in [2.75, 3.05) is 0 Å². The number of carbonyl (C=O) groups is 2. The molecule has 26 heavy (non-hydrogen) atoms. The van der Waals surface area contributed by atoms with Crippen LogP contribution in [0.2, 0.25) is 5.02 Å². The molecular formula is C18H22ClNO5S. The number of nitrogens with one attached hydrogen (secondary N) is 1. The molecule has 142 valence electrons. The Bertz CT molecular complexity index is 782. The molecule has 0 aromatic heterocycles.